The van der Waals surface area contributed by atoms with Crippen LogP contribution in [0.4, 0.5) is 0 Å². The molecule has 0 bridgehead atoms. The highest BCUT2D eigenvalue weighted by Gasteiger charge is 2.14. The lowest BCUT2D eigenvalue weighted by Crippen LogP contribution is -2.69. The Morgan fingerprint density at radius 2 is 1.96 bits per heavy atom. The van der Waals surface area contributed by atoms with Gasteiger partial charge in [0.2, 0.25) is 0 Å². The zero-order chi connectivity index (χ0) is 17.9. The Bertz CT molecular complexity index is 769. The van der Waals surface area contributed by atoms with Crippen molar-refractivity contribution in [2.75, 3.05) is 0 Å². The van der Waals surface area contributed by atoms with Gasteiger partial charge in [0.05, 0.1) is 13.1 Å². The lowest BCUT2D eigenvalue weighted by molar-refractivity contribution is -0.437. The second-order valence-electron chi connectivity index (χ2n) is 5.14. The van der Waals surface area contributed by atoms with Crippen LogP contribution in [-0.2, 0) is 11.2 Å². The number of rotatable bonds is 6. The zero-order valence-corrected chi connectivity index (χ0v) is 16.9. The van der Waals surface area contributed by atoms with Crippen molar-refractivity contribution in [2.24, 2.45) is 0 Å². The zero-order valence-electron chi connectivity index (χ0n) is 12.6. The molecule has 1 atom stereocenters. The third-order valence-corrected chi connectivity index (χ3v) is 4.91. The summed E-state index contributed by atoms with van der Waals surface area (Å²) < 4.78 is 7.64. The molecular formula is C17H15I2NO4. The fourth-order valence-corrected chi connectivity index (χ4v) is 4.19. The summed E-state index contributed by atoms with van der Waals surface area (Å²) in [7, 11) is 0. The molecule has 0 aliphatic heterocycles. The molecule has 0 aliphatic carbocycles. The Morgan fingerprint density at radius 3 is 2.50 bits per heavy atom. The van der Waals surface area contributed by atoms with Crippen LogP contribution in [0.1, 0.15) is 11.1 Å². The molecule has 2 aromatic rings. The van der Waals surface area contributed by atoms with E-state index >= 15 is 0 Å². The lowest BCUT2D eigenvalue weighted by atomic mass is 10.1. The summed E-state index contributed by atoms with van der Waals surface area (Å²) in [6.07, 6.45) is 1.85. The number of aliphatic carboxylic acids is 1. The summed E-state index contributed by atoms with van der Waals surface area (Å²) in [6, 6.07) is 7.86. The summed E-state index contributed by atoms with van der Waals surface area (Å²) in [5.41, 5.74) is 5.02. The normalized spacial score (nSPS) is 11.8. The molecule has 2 aromatic carbocycles. The van der Waals surface area contributed by atoms with Gasteiger partial charge in [-0.3, -0.25) is 0 Å². The lowest BCUT2D eigenvalue weighted by Gasteiger charge is -2.14. The van der Waals surface area contributed by atoms with E-state index in [1.54, 1.807) is 24.3 Å². The largest absolute Gasteiger partial charge is 0.544 e. The fraction of sp³-hybridized carbons (Fsp3) is 0.118. The number of quaternary nitrogens is 1. The molecule has 0 saturated heterocycles. The maximum atomic E-state index is 10.8. The van der Waals surface area contributed by atoms with Crippen LogP contribution in [0.5, 0.6) is 17.2 Å². The smallest absolute Gasteiger partial charge is 0.154 e. The summed E-state index contributed by atoms with van der Waals surface area (Å²) in [5.74, 6) is 0.230. The average Bonchev–Trinajstić information content (AvgIpc) is 2.52. The SMILES string of the molecule is C=Cc1cc(Oc2c(I)cc(CC([NH3+])C(=O)[O-])cc2I)ccc1O. The van der Waals surface area contributed by atoms with Gasteiger partial charge in [-0.15, -0.1) is 0 Å². The van der Waals surface area contributed by atoms with E-state index in [1.165, 1.54) is 0 Å². The van der Waals surface area contributed by atoms with Crippen molar-refractivity contribution in [3.05, 3.63) is 55.2 Å². The fourth-order valence-electron chi connectivity index (χ4n) is 2.07. The minimum Gasteiger partial charge on any atom is -0.544 e. The van der Waals surface area contributed by atoms with Crippen LogP contribution in [0.25, 0.3) is 6.08 Å². The Balaban J connectivity index is 2.28. The standard InChI is InChI=1S/C17H15I2NO4/c1-2-10-8-11(3-4-15(10)21)24-16-12(18)5-9(6-13(16)19)7-14(20)17(22)23/h2-6,8,14,21H,1,7,20H2,(H,22,23). The summed E-state index contributed by atoms with van der Waals surface area (Å²) >= 11 is 4.29. The van der Waals surface area contributed by atoms with Crippen molar-refractivity contribution in [3.8, 4) is 17.2 Å². The van der Waals surface area contributed by atoms with Crippen LogP contribution in [0, 0.1) is 7.14 Å². The van der Waals surface area contributed by atoms with E-state index in [0.717, 1.165) is 12.7 Å². The molecule has 0 spiro atoms. The molecule has 0 radical (unpaired) electrons. The van der Waals surface area contributed by atoms with E-state index in [2.05, 4.69) is 57.5 Å². The number of hydrogen-bond acceptors (Lipinski definition) is 4. The molecule has 2 rings (SSSR count). The number of carbonyl (C=O) groups excluding carboxylic acids is 1. The number of halogens is 2. The van der Waals surface area contributed by atoms with Gasteiger partial charge in [0, 0.05) is 12.0 Å². The second kappa shape index (κ2) is 8.17. The summed E-state index contributed by atoms with van der Waals surface area (Å²) in [5, 5.41) is 20.5. The average molecular weight is 551 g/mol. The molecule has 1 unspecified atom stereocenters. The van der Waals surface area contributed by atoms with Crippen molar-refractivity contribution >= 4 is 57.2 Å². The van der Waals surface area contributed by atoms with Crippen LogP contribution in [0.3, 0.4) is 0 Å². The molecule has 24 heavy (non-hydrogen) atoms. The van der Waals surface area contributed by atoms with E-state index < -0.39 is 12.0 Å². The number of ether oxygens (including phenoxy) is 1. The third kappa shape index (κ3) is 4.61. The number of phenolic OH excluding ortho intramolecular Hbond substituents is 1. The molecule has 5 nitrogen and oxygen atoms in total. The van der Waals surface area contributed by atoms with Crippen molar-refractivity contribution in [1.82, 2.24) is 0 Å². The van der Waals surface area contributed by atoms with Crippen LogP contribution >= 0.6 is 45.2 Å². The van der Waals surface area contributed by atoms with E-state index in [0.29, 0.717) is 23.5 Å². The summed E-state index contributed by atoms with van der Waals surface area (Å²) in [4.78, 5) is 10.8. The molecule has 0 aliphatic rings. The Morgan fingerprint density at radius 1 is 1.33 bits per heavy atom. The number of carbonyl (C=O) groups is 1. The Hall–Kier alpha value is -1.33. The molecule has 0 aromatic heterocycles. The first-order valence-electron chi connectivity index (χ1n) is 6.97. The van der Waals surface area contributed by atoms with Gasteiger partial charge in [0.15, 0.2) is 5.75 Å². The van der Waals surface area contributed by atoms with E-state index in [-0.39, 0.29) is 5.75 Å². The van der Waals surface area contributed by atoms with Gasteiger partial charge in [-0.1, -0.05) is 12.7 Å². The number of benzene rings is 2. The molecule has 126 valence electrons. The Kier molecular flexibility index (Phi) is 6.47. The van der Waals surface area contributed by atoms with Crippen molar-refractivity contribution in [3.63, 3.8) is 0 Å². The summed E-state index contributed by atoms with van der Waals surface area (Å²) in [6.45, 7) is 3.65. The highest BCUT2D eigenvalue weighted by molar-refractivity contribution is 14.1. The van der Waals surface area contributed by atoms with E-state index in [1.807, 2.05) is 12.1 Å². The van der Waals surface area contributed by atoms with Crippen molar-refractivity contribution in [2.45, 2.75) is 12.5 Å². The van der Waals surface area contributed by atoms with Gasteiger partial charge in [0.1, 0.15) is 17.5 Å². The molecule has 0 amide bonds. The second-order valence-corrected chi connectivity index (χ2v) is 7.46. The molecule has 7 heteroatoms. The molecule has 0 saturated carbocycles. The number of aromatic hydroxyl groups is 1. The van der Waals surface area contributed by atoms with Crippen molar-refractivity contribution in [1.29, 1.82) is 0 Å². The van der Waals surface area contributed by atoms with Gasteiger partial charge in [0.25, 0.3) is 0 Å². The first kappa shape index (κ1) is 19.0. The highest BCUT2D eigenvalue weighted by atomic mass is 127. The van der Waals surface area contributed by atoms with Crippen molar-refractivity contribution < 1.29 is 25.5 Å². The van der Waals surface area contributed by atoms with Crippen LogP contribution in [0.2, 0.25) is 0 Å². The topological polar surface area (TPSA) is 97.2 Å². The molecule has 0 fully saturated rings. The quantitative estimate of drug-likeness (QED) is 0.537. The minimum absolute atomic E-state index is 0.140. The van der Waals surface area contributed by atoms with Crippen LogP contribution < -0.4 is 15.6 Å². The van der Waals surface area contributed by atoms with Crippen LogP contribution in [-0.4, -0.2) is 17.1 Å². The van der Waals surface area contributed by atoms with Gasteiger partial charge in [-0.25, -0.2) is 0 Å². The van der Waals surface area contributed by atoms with Gasteiger partial charge in [-0.05, 0) is 81.1 Å². The maximum Gasteiger partial charge on any atom is 0.154 e. The Labute approximate surface area is 166 Å². The number of hydrogen-bond donors (Lipinski definition) is 2. The minimum atomic E-state index is -1.17. The number of phenols is 1. The number of carboxylic acid groups (broad SMARTS) is 1. The first-order valence-corrected chi connectivity index (χ1v) is 9.12. The monoisotopic (exact) mass is 551 g/mol. The highest BCUT2D eigenvalue weighted by Crippen LogP contribution is 2.34. The first-order chi connectivity index (χ1) is 11.3. The maximum absolute atomic E-state index is 10.8. The number of carboxylic acids is 1. The van der Waals surface area contributed by atoms with Gasteiger partial charge >= 0.3 is 0 Å². The predicted octanol–water partition coefficient (Wildman–Crippen LogP) is 1.94. The molecular weight excluding hydrogens is 536 g/mol. The molecule has 4 N–H and O–H groups in total. The third-order valence-electron chi connectivity index (χ3n) is 3.31. The van der Waals surface area contributed by atoms with Gasteiger partial charge in [-0.2, -0.15) is 0 Å². The predicted molar refractivity (Wildman–Crippen MR) is 106 cm³/mol. The molecule has 0 heterocycles. The van der Waals surface area contributed by atoms with Crippen LogP contribution in [0.15, 0.2) is 36.9 Å². The van der Waals surface area contributed by atoms with Gasteiger partial charge < -0.3 is 25.5 Å². The van der Waals surface area contributed by atoms with E-state index in [9.17, 15) is 15.0 Å². The van der Waals surface area contributed by atoms with E-state index in [4.69, 9.17) is 4.74 Å².